The Kier molecular flexibility index (Phi) is 18.9. The first-order chi connectivity index (χ1) is 34.8. The third-order valence-electron chi connectivity index (χ3n) is 18.2. The van der Waals surface area contributed by atoms with Crippen molar-refractivity contribution in [2.75, 3.05) is 0 Å². The van der Waals surface area contributed by atoms with Crippen LogP contribution >= 0.6 is 23.2 Å². The van der Waals surface area contributed by atoms with Crippen LogP contribution in [-0.2, 0) is 13.2 Å². The number of rotatable bonds is 20. The molecule has 4 N–H and O–H groups in total. The summed E-state index contributed by atoms with van der Waals surface area (Å²) in [7, 11) is 0. The van der Waals surface area contributed by atoms with Crippen molar-refractivity contribution in [2.24, 2.45) is 58.2 Å². The van der Waals surface area contributed by atoms with Crippen molar-refractivity contribution in [3.8, 4) is 11.5 Å². The van der Waals surface area contributed by atoms with Crippen LogP contribution in [0.3, 0.4) is 0 Å². The Morgan fingerprint density at radius 3 is 1.65 bits per heavy atom. The van der Waals surface area contributed by atoms with Crippen molar-refractivity contribution >= 4 is 82.2 Å². The maximum atomic E-state index is 12.9. The molecule has 4 aliphatic carbocycles. The van der Waals surface area contributed by atoms with Gasteiger partial charge in [0.05, 0.1) is 21.2 Å². The Morgan fingerprint density at radius 2 is 1.15 bits per heavy atom. The molecule has 10 nitrogen and oxygen atoms in total. The van der Waals surface area contributed by atoms with E-state index in [1.807, 2.05) is 6.08 Å². The topological polar surface area (TPSA) is 168 Å². The van der Waals surface area contributed by atoms with Gasteiger partial charge in [0.2, 0.25) is 0 Å². The summed E-state index contributed by atoms with van der Waals surface area (Å²) in [6, 6.07) is 18.3. The predicted octanol–water partition coefficient (Wildman–Crippen LogP) is 15.5. The summed E-state index contributed by atoms with van der Waals surface area (Å²) in [4.78, 5) is 48.7. The summed E-state index contributed by atoms with van der Waals surface area (Å²) in [6.07, 6.45) is 19.3. The van der Waals surface area contributed by atoms with Gasteiger partial charge in [0.15, 0.2) is 11.5 Å². The summed E-state index contributed by atoms with van der Waals surface area (Å²) < 4.78 is 12.0. The zero-order valence-corrected chi connectivity index (χ0v) is 47.4. The molecule has 0 bridgehead atoms. The van der Waals surface area contributed by atoms with Crippen LogP contribution in [0.2, 0.25) is 10.0 Å². The maximum Gasteiger partial charge on any atom is 0.339 e. The Morgan fingerprint density at radius 1 is 0.635 bits per heavy atom. The molecule has 0 heterocycles. The smallest absolute Gasteiger partial charge is 0.339 e. The predicted molar refractivity (Wildman–Crippen MR) is 291 cm³/mol. The van der Waals surface area contributed by atoms with Crippen molar-refractivity contribution in [1.29, 1.82) is 0 Å². The average Bonchev–Trinajstić information content (AvgIpc) is 3.71. The molecule has 4 aromatic carbocycles. The minimum absolute atomic E-state index is 0. The second-order valence-electron chi connectivity index (χ2n) is 22.9. The second kappa shape index (κ2) is 24.3. The van der Waals surface area contributed by atoms with Crippen LogP contribution < -0.4 is 9.47 Å². The maximum absolute atomic E-state index is 12.9. The van der Waals surface area contributed by atoms with Crippen molar-refractivity contribution in [2.45, 2.75) is 138 Å². The molecule has 4 saturated carbocycles. The van der Waals surface area contributed by atoms with Gasteiger partial charge in [-0.3, -0.25) is 0 Å². The largest absolute Gasteiger partial charge is 0.486 e. The van der Waals surface area contributed by atoms with Crippen LogP contribution in [0.25, 0.3) is 5.57 Å². The van der Waals surface area contributed by atoms with Crippen molar-refractivity contribution in [1.82, 2.24) is 0 Å². The quantitative estimate of drug-likeness (QED) is 0.0626. The van der Waals surface area contributed by atoms with E-state index < -0.39 is 23.9 Å². The molecule has 0 aromatic heterocycles. The number of halogens is 2. The molecule has 0 aliphatic heterocycles. The molecular weight excluding hydrogens is 987 g/mol. The van der Waals surface area contributed by atoms with E-state index >= 15 is 0 Å². The first-order valence-electron chi connectivity index (χ1n) is 26.5. The van der Waals surface area contributed by atoms with E-state index in [1.165, 1.54) is 107 Å². The number of hydrogen-bond donors (Lipinski definition) is 4. The van der Waals surface area contributed by atoms with Gasteiger partial charge in [0, 0.05) is 29.6 Å². The SMILES string of the molecule is CC(C)CCC[C@@H](C)[C@H]1CC[C@H]2[C@@H]3CC[C@H]4C[C@@H](CCC=C(c5cc(Cl)c(OCc6ccc(C(=O)O)cc6)c(C(=O)O)c5)c5cc(Cl)c(OCc6ccc(C(=O)O)cc6)c(C(=O)O)c5)CC[C@]4(C)[C@H]3CC[C@]12C.[Na]. The molecule has 0 unspecified atom stereocenters. The van der Waals surface area contributed by atoms with Gasteiger partial charge in [0.25, 0.3) is 0 Å². The van der Waals surface area contributed by atoms with Gasteiger partial charge < -0.3 is 29.9 Å². The molecule has 4 fully saturated rings. The molecule has 74 heavy (non-hydrogen) atoms. The number of carboxylic acid groups (broad SMARTS) is 4. The fourth-order valence-electron chi connectivity index (χ4n) is 14.4. The van der Waals surface area contributed by atoms with Gasteiger partial charge in [-0.15, -0.1) is 0 Å². The fraction of sp³-hybridized carbons (Fsp3) is 0.508. The van der Waals surface area contributed by atoms with Gasteiger partial charge in [-0.25, -0.2) is 19.2 Å². The number of hydrogen-bond acceptors (Lipinski definition) is 6. The van der Waals surface area contributed by atoms with Gasteiger partial charge in [-0.1, -0.05) is 107 Å². The van der Waals surface area contributed by atoms with Gasteiger partial charge in [0.1, 0.15) is 24.3 Å². The number of carboxylic acids is 4. The van der Waals surface area contributed by atoms with Crippen LogP contribution in [0.5, 0.6) is 11.5 Å². The molecule has 1 radical (unpaired) electrons. The summed E-state index contributed by atoms with van der Waals surface area (Å²) in [5, 5.41) is 39.8. The van der Waals surface area contributed by atoms with Crippen LogP contribution in [-0.4, -0.2) is 73.9 Å². The molecular formula is C61H72Cl2NaO10. The van der Waals surface area contributed by atoms with Crippen LogP contribution in [0, 0.1) is 58.2 Å². The number of fused-ring (bicyclic) bond motifs is 5. The van der Waals surface area contributed by atoms with Gasteiger partial charge >= 0.3 is 23.9 Å². The summed E-state index contributed by atoms with van der Waals surface area (Å²) >= 11 is 13.8. The molecule has 8 rings (SSSR count). The van der Waals surface area contributed by atoms with Crippen LogP contribution in [0.15, 0.2) is 78.9 Å². The monoisotopic (exact) mass is 1060 g/mol. The number of allylic oxidation sites excluding steroid dienone is 1. The zero-order valence-electron chi connectivity index (χ0n) is 43.9. The third kappa shape index (κ3) is 12.4. The van der Waals surface area contributed by atoms with E-state index in [0.29, 0.717) is 56.9 Å². The number of benzene rings is 4. The van der Waals surface area contributed by atoms with E-state index in [0.717, 1.165) is 48.3 Å². The minimum Gasteiger partial charge on any atom is -0.486 e. The Labute approximate surface area is 468 Å². The van der Waals surface area contributed by atoms with Crippen molar-refractivity contribution < 1.29 is 49.1 Å². The molecule has 0 saturated heterocycles. The second-order valence-corrected chi connectivity index (χ2v) is 23.7. The minimum atomic E-state index is -1.29. The first-order valence-corrected chi connectivity index (χ1v) is 27.3. The van der Waals surface area contributed by atoms with E-state index in [9.17, 15) is 39.6 Å². The van der Waals surface area contributed by atoms with Crippen LogP contribution in [0.4, 0.5) is 0 Å². The average molecular weight is 1060 g/mol. The molecule has 4 aliphatic rings. The molecule has 391 valence electrons. The normalized spacial score (nSPS) is 25.4. The number of aromatic carboxylic acids is 4. The standard InChI is InChI=1S/C61H72Cl2O10.Na/c1-35(2)8-6-9-36(3)49-22-23-50-46-21-20-44-28-37(24-26-60(44,4)51(46)25-27-61(49,50)5)10-7-11-45(42-29-47(58(68)69)54(52(62)31-42)72-33-38-12-16-40(17-13-38)56(64)65)43-30-48(59(70)71)55(53(63)32-43)73-34-39-14-18-41(19-15-39)57(66)67;/h11-19,29-32,35-37,44,46,49-51H,6-10,20-28,33-34H2,1-5H3,(H,64,65)(H,66,67)(H,68,69)(H,70,71);/t36-,37+,44+,46+,49-,50+,51+,60+,61-;/m1./s1. The van der Waals surface area contributed by atoms with Crippen LogP contribution in [0.1, 0.15) is 188 Å². The van der Waals surface area contributed by atoms with Crippen molar-refractivity contribution in [3.05, 3.63) is 133 Å². The number of ether oxygens (including phenoxy) is 2. The fourth-order valence-corrected chi connectivity index (χ4v) is 15.0. The number of carbonyl (C=O) groups is 4. The van der Waals surface area contributed by atoms with Gasteiger partial charge in [-0.05, 0) is 205 Å². The molecule has 0 spiro atoms. The third-order valence-corrected chi connectivity index (χ3v) is 18.8. The van der Waals surface area contributed by atoms with Crippen molar-refractivity contribution in [3.63, 3.8) is 0 Å². The van der Waals surface area contributed by atoms with E-state index in [4.69, 9.17) is 32.7 Å². The van der Waals surface area contributed by atoms with E-state index in [-0.39, 0.29) is 86.6 Å². The van der Waals surface area contributed by atoms with E-state index in [1.54, 1.807) is 36.4 Å². The summed E-state index contributed by atoms with van der Waals surface area (Å²) in [5.74, 6) is 1.18. The molecule has 13 heteroatoms. The molecule has 4 aromatic rings. The Balaban J connectivity index is 0.00000800. The summed E-state index contributed by atoms with van der Waals surface area (Å²) in [6.45, 7) is 12.4. The molecule has 0 amide bonds. The summed E-state index contributed by atoms with van der Waals surface area (Å²) in [5.41, 5.74) is 3.22. The molecule has 9 atom stereocenters. The van der Waals surface area contributed by atoms with Gasteiger partial charge in [-0.2, -0.15) is 0 Å². The van der Waals surface area contributed by atoms with E-state index in [2.05, 4.69) is 34.6 Å². The zero-order chi connectivity index (χ0) is 52.4. The Hall–Kier alpha value is -4.32. The Bertz CT molecular complexity index is 2590. The first kappa shape index (κ1) is 57.4.